The van der Waals surface area contributed by atoms with Crippen LogP contribution in [0.1, 0.15) is 0 Å². The minimum absolute atomic E-state index is 1.03. The summed E-state index contributed by atoms with van der Waals surface area (Å²) in [6.07, 6.45) is 1.90. The number of rotatable bonds is 3. The summed E-state index contributed by atoms with van der Waals surface area (Å²) in [4.78, 5) is 4.88. The number of hydrogen-bond acceptors (Lipinski definition) is 2. The minimum Gasteiger partial charge on any atom is -0.309 e. The molecule has 0 fully saturated rings. The van der Waals surface area contributed by atoms with Crippen molar-refractivity contribution in [2.75, 3.05) is 0 Å². The van der Waals surface area contributed by atoms with E-state index in [1.54, 1.807) is 0 Å². The molecule has 0 aliphatic rings. The molecule has 0 bridgehead atoms. The molecule has 10 rings (SSSR count). The molecule has 210 valence electrons. The molecule has 0 atom stereocenters. The molecule has 0 saturated carbocycles. The van der Waals surface area contributed by atoms with Gasteiger partial charge in [-0.05, 0) is 77.9 Å². The van der Waals surface area contributed by atoms with Crippen molar-refractivity contribution in [3.05, 3.63) is 152 Å². The van der Waals surface area contributed by atoms with E-state index in [4.69, 9.17) is 4.98 Å². The molecule has 6 aromatic carbocycles. The molecule has 3 nitrogen and oxygen atoms in total. The van der Waals surface area contributed by atoms with Crippen molar-refractivity contribution in [2.45, 2.75) is 0 Å². The highest BCUT2D eigenvalue weighted by Gasteiger charge is 2.19. The Kier molecular flexibility index (Phi) is 5.16. The van der Waals surface area contributed by atoms with Gasteiger partial charge in [0.1, 0.15) is 0 Å². The summed E-state index contributed by atoms with van der Waals surface area (Å²) in [7, 11) is 0. The fourth-order valence-corrected chi connectivity index (χ4v) is 8.35. The van der Waals surface area contributed by atoms with Gasteiger partial charge in [-0.15, -0.1) is 11.3 Å². The summed E-state index contributed by atoms with van der Waals surface area (Å²) in [6, 6.07) is 52.7. The molecule has 10 aromatic rings. The van der Waals surface area contributed by atoms with Crippen LogP contribution in [-0.2, 0) is 0 Å². The zero-order valence-corrected chi connectivity index (χ0v) is 25.0. The van der Waals surface area contributed by atoms with Gasteiger partial charge in [-0.2, -0.15) is 0 Å². The second-order valence-corrected chi connectivity index (χ2v) is 12.7. The number of nitrogens with zero attached hydrogens (tertiary/aromatic N) is 3. The Morgan fingerprint density at radius 2 is 1.07 bits per heavy atom. The van der Waals surface area contributed by atoms with Crippen LogP contribution in [0.5, 0.6) is 0 Å². The van der Waals surface area contributed by atoms with Gasteiger partial charge in [0.25, 0.3) is 0 Å². The third kappa shape index (κ3) is 3.54. The highest BCUT2D eigenvalue weighted by atomic mass is 32.1. The maximum absolute atomic E-state index is 4.88. The van der Waals surface area contributed by atoms with Crippen molar-refractivity contribution in [3.8, 4) is 22.5 Å². The highest BCUT2D eigenvalue weighted by Crippen LogP contribution is 2.43. The molecule has 45 heavy (non-hydrogen) atoms. The van der Waals surface area contributed by atoms with Crippen molar-refractivity contribution in [3.63, 3.8) is 0 Å². The molecule has 0 aliphatic heterocycles. The molecule has 4 aromatic heterocycles. The van der Waals surface area contributed by atoms with Crippen LogP contribution in [0, 0.1) is 0 Å². The second-order valence-electron chi connectivity index (χ2n) is 11.6. The summed E-state index contributed by atoms with van der Waals surface area (Å²) < 4.78 is 7.40. The lowest BCUT2D eigenvalue weighted by molar-refractivity contribution is 1.17. The predicted octanol–water partition coefficient (Wildman–Crippen LogP) is 11.3. The first-order valence-corrected chi connectivity index (χ1v) is 16.0. The minimum atomic E-state index is 1.03. The zero-order valence-electron chi connectivity index (χ0n) is 24.2. The Balaban J connectivity index is 1.21. The van der Waals surface area contributed by atoms with E-state index in [0.717, 1.165) is 22.4 Å². The van der Waals surface area contributed by atoms with Crippen molar-refractivity contribution in [1.29, 1.82) is 0 Å². The molecule has 0 saturated heterocycles. The summed E-state index contributed by atoms with van der Waals surface area (Å²) >= 11 is 1.86. The summed E-state index contributed by atoms with van der Waals surface area (Å²) in [5.41, 5.74) is 10.4. The number of thiophene rings is 1. The lowest BCUT2D eigenvalue weighted by atomic mass is 10.0. The van der Waals surface area contributed by atoms with E-state index >= 15 is 0 Å². The number of benzene rings is 6. The Hall–Kier alpha value is -5.71. The molecular weight excluding hydrogens is 567 g/mol. The first-order chi connectivity index (χ1) is 22.3. The van der Waals surface area contributed by atoms with Crippen LogP contribution >= 0.6 is 11.3 Å². The Morgan fingerprint density at radius 3 is 1.80 bits per heavy atom. The van der Waals surface area contributed by atoms with Crippen LogP contribution in [-0.4, -0.2) is 14.1 Å². The Bertz CT molecular complexity index is 2720. The van der Waals surface area contributed by atoms with Crippen molar-refractivity contribution < 1.29 is 0 Å². The first-order valence-electron chi connectivity index (χ1n) is 15.2. The van der Waals surface area contributed by atoms with E-state index in [1.165, 1.54) is 64.0 Å². The Morgan fingerprint density at radius 1 is 0.444 bits per heavy atom. The molecule has 4 heteroatoms. The normalized spacial score (nSPS) is 12.0. The maximum Gasteiger partial charge on any atom is 0.0963 e. The van der Waals surface area contributed by atoms with E-state index in [9.17, 15) is 0 Å². The third-order valence-corrected chi connectivity index (χ3v) is 10.3. The highest BCUT2D eigenvalue weighted by molar-refractivity contribution is 7.26. The number of para-hydroxylation sites is 2. The first kappa shape index (κ1) is 24.7. The zero-order chi connectivity index (χ0) is 29.5. The maximum atomic E-state index is 4.88. The van der Waals surface area contributed by atoms with Gasteiger partial charge in [-0.1, -0.05) is 78.9 Å². The van der Waals surface area contributed by atoms with Crippen LogP contribution < -0.4 is 0 Å². The number of aromatic nitrogens is 3. The van der Waals surface area contributed by atoms with Gasteiger partial charge in [0, 0.05) is 53.9 Å². The average Bonchev–Trinajstić information content (AvgIpc) is 3.76. The predicted molar refractivity (Wildman–Crippen MR) is 191 cm³/mol. The summed E-state index contributed by atoms with van der Waals surface area (Å²) in [5, 5.41) is 6.31. The number of fused-ring (bicyclic) bond motifs is 10. The van der Waals surface area contributed by atoms with E-state index < -0.39 is 0 Å². The lowest BCUT2D eigenvalue weighted by Gasteiger charge is -2.13. The summed E-state index contributed by atoms with van der Waals surface area (Å²) in [6.45, 7) is 0. The van der Waals surface area contributed by atoms with Crippen LogP contribution in [0.2, 0.25) is 0 Å². The van der Waals surface area contributed by atoms with E-state index in [2.05, 4.69) is 149 Å². The average molecular weight is 592 g/mol. The van der Waals surface area contributed by atoms with Gasteiger partial charge >= 0.3 is 0 Å². The van der Waals surface area contributed by atoms with E-state index in [1.807, 2.05) is 23.6 Å². The van der Waals surface area contributed by atoms with Gasteiger partial charge in [-0.25, -0.2) is 0 Å². The van der Waals surface area contributed by atoms with Crippen LogP contribution in [0.15, 0.2) is 152 Å². The van der Waals surface area contributed by atoms with Gasteiger partial charge in [0.15, 0.2) is 0 Å². The molecule has 0 N–H and O–H groups in total. The molecule has 0 spiro atoms. The third-order valence-electron chi connectivity index (χ3n) is 9.14. The van der Waals surface area contributed by atoms with Gasteiger partial charge < -0.3 is 9.13 Å². The van der Waals surface area contributed by atoms with Gasteiger partial charge in [-0.3, -0.25) is 4.98 Å². The van der Waals surface area contributed by atoms with E-state index in [0.29, 0.717) is 0 Å². The van der Waals surface area contributed by atoms with Crippen LogP contribution in [0.4, 0.5) is 0 Å². The fourth-order valence-electron chi connectivity index (χ4n) is 7.25. The lowest BCUT2D eigenvalue weighted by Crippen LogP contribution is -1.96. The fraction of sp³-hybridized carbons (Fsp3) is 0. The topological polar surface area (TPSA) is 22.8 Å². The molecule has 0 unspecified atom stereocenters. The standard InChI is InChI=1S/C41H25N3S/c1-4-17-34-30(14-1)31-15-2-5-18-35(31)43(34)28-12-7-10-26(24-28)27-11-8-13-29(25-27)44-36-19-9-23-42-40(36)33-21-22-38-39(41(33)44)32-16-3-6-20-37(32)45-38/h1-25H. The number of pyridine rings is 1. The quantitative estimate of drug-likeness (QED) is 0.200. The van der Waals surface area contributed by atoms with Gasteiger partial charge in [0.05, 0.1) is 27.6 Å². The summed E-state index contributed by atoms with van der Waals surface area (Å²) in [5.74, 6) is 0. The Labute approximate surface area is 262 Å². The largest absolute Gasteiger partial charge is 0.309 e. The van der Waals surface area contributed by atoms with Crippen molar-refractivity contribution in [1.82, 2.24) is 14.1 Å². The van der Waals surface area contributed by atoms with Crippen LogP contribution in [0.25, 0.3) is 86.4 Å². The monoisotopic (exact) mass is 591 g/mol. The van der Waals surface area contributed by atoms with Crippen molar-refractivity contribution in [2.24, 2.45) is 0 Å². The van der Waals surface area contributed by atoms with E-state index in [-0.39, 0.29) is 0 Å². The van der Waals surface area contributed by atoms with Gasteiger partial charge in [0.2, 0.25) is 0 Å². The van der Waals surface area contributed by atoms with Crippen LogP contribution in [0.3, 0.4) is 0 Å². The molecule has 0 amide bonds. The second kappa shape index (κ2) is 9.39. The molecule has 4 heterocycles. The molecule has 0 radical (unpaired) electrons. The SMILES string of the molecule is c1cc(-c2cccc(-n3c4cccnc4c4ccc5sc6ccccc6c5c43)c2)cc(-n2c3ccccc3c3ccccc32)c1. The van der Waals surface area contributed by atoms with Crippen molar-refractivity contribution >= 4 is 75.3 Å². The molecular formula is C41H25N3S. The molecule has 0 aliphatic carbocycles. The number of hydrogen-bond donors (Lipinski definition) is 0. The smallest absolute Gasteiger partial charge is 0.0963 e.